The molecular weight excluding hydrogens is 314 g/mol. The molecule has 5 nitrogen and oxygen atoms in total. The Kier molecular flexibility index (Phi) is 4.39. The quantitative estimate of drug-likeness (QED) is 0.789. The Morgan fingerprint density at radius 2 is 1.96 bits per heavy atom. The predicted octanol–water partition coefficient (Wildman–Crippen LogP) is 3.88. The average molecular weight is 328 g/mol. The molecule has 0 aliphatic heterocycles. The van der Waals surface area contributed by atoms with Crippen molar-refractivity contribution in [1.29, 1.82) is 0 Å². The first-order chi connectivity index (χ1) is 11.1. The van der Waals surface area contributed by atoms with Crippen LogP contribution in [0.3, 0.4) is 0 Å². The van der Waals surface area contributed by atoms with Crippen LogP contribution in [0.5, 0.6) is 0 Å². The molecule has 1 heterocycles. The van der Waals surface area contributed by atoms with Crippen LogP contribution in [0.4, 0.5) is 6.01 Å². The van der Waals surface area contributed by atoms with E-state index in [9.17, 15) is 4.79 Å². The molecule has 0 saturated carbocycles. The van der Waals surface area contributed by atoms with E-state index in [1.807, 2.05) is 31.2 Å². The number of halogens is 1. The monoisotopic (exact) mass is 327 g/mol. The maximum absolute atomic E-state index is 12.0. The van der Waals surface area contributed by atoms with E-state index in [1.165, 1.54) is 0 Å². The summed E-state index contributed by atoms with van der Waals surface area (Å²) in [5, 5.41) is 10.9. The largest absolute Gasteiger partial charge is 0.403 e. The molecule has 0 aliphatic carbocycles. The van der Waals surface area contributed by atoms with Crippen LogP contribution in [0.2, 0.25) is 5.02 Å². The van der Waals surface area contributed by atoms with Crippen molar-refractivity contribution in [3.05, 3.63) is 64.7 Å². The summed E-state index contributed by atoms with van der Waals surface area (Å²) in [6.45, 7) is 2.00. The first-order valence-electron chi connectivity index (χ1n) is 7.05. The topological polar surface area (TPSA) is 68.0 Å². The smallest absolute Gasteiger partial charge is 0.322 e. The Morgan fingerprint density at radius 3 is 2.70 bits per heavy atom. The van der Waals surface area contributed by atoms with Crippen molar-refractivity contribution in [2.24, 2.45) is 0 Å². The van der Waals surface area contributed by atoms with Crippen LogP contribution >= 0.6 is 11.6 Å². The molecule has 0 radical (unpaired) electrons. The van der Waals surface area contributed by atoms with E-state index >= 15 is 0 Å². The number of anilines is 1. The summed E-state index contributed by atoms with van der Waals surface area (Å²) in [7, 11) is 0. The Hall–Kier alpha value is -2.66. The lowest BCUT2D eigenvalue weighted by molar-refractivity contribution is -0.115. The zero-order valence-corrected chi connectivity index (χ0v) is 13.2. The normalized spacial score (nSPS) is 10.5. The van der Waals surface area contributed by atoms with Gasteiger partial charge < -0.3 is 4.42 Å². The molecule has 23 heavy (non-hydrogen) atoms. The zero-order valence-electron chi connectivity index (χ0n) is 12.4. The lowest BCUT2D eigenvalue weighted by Gasteiger charge is -2.01. The van der Waals surface area contributed by atoms with Gasteiger partial charge in [0.1, 0.15) is 0 Å². The fourth-order valence-corrected chi connectivity index (χ4v) is 2.26. The lowest BCUT2D eigenvalue weighted by atomic mass is 10.1. The van der Waals surface area contributed by atoms with Crippen molar-refractivity contribution in [2.75, 3.05) is 5.32 Å². The number of nitrogens with one attached hydrogen (secondary N) is 1. The van der Waals surface area contributed by atoms with Crippen LogP contribution in [-0.2, 0) is 11.2 Å². The van der Waals surface area contributed by atoms with Gasteiger partial charge in [-0.05, 0) is 30.7 Å². The van der Waals surface area contributed by atoms with Gasteiger partial charge in [0.15, 0.2) is 0 Å². The highest BCUT2D eigenvalue weighted by Gasteiger charge is 2.12. The van der Waals surface area contributed by atoms with Crippen LogP contribution < -0.4 is 5.32 Å². The highest BCUT2D eigenvalue weighted by Crippen LogP contribution is 2.22. The van der Waals surface area contributed by atoms with Crippen molar-refractivity contribution < 1.29 is 9.21 Å². The molecule has 1 N–H and O–H groups in total. The minimum atomic E-state index is -0.213. The number of aryl methyl sites for hydroxylation is 1. The highest BCUT2D eigenvalue weighted by atomic mass is 35.5. The summed E-state index contributed by atoms with van der Waals surface area (Å²) in [6, 6.07) is 14.9. The second kappa shape index (κ2) is 6.62. The van der Waals surface area contributed by atoms with Gasteiger partial charge in [0.25, 0.3) is 0 Å². The molecule has 116 valence electrons. The number of carbonyl (C=O) groups excluding carboxylic acids is 1. The van der Waals surface area contributed by atoms with Crippen LogP contribution in [-0.4, -0.2) is 16.1 Å². The summed E-state index contributed by atoms with van der Waals surface area (Å²) in [5.74, 6) is 0.0910. The van der Waals surface area contributed by atoms with E-state index in [2.05, 4.69) is 15.5 Å². The van der Waals surface area contributed by atoms with E-state index in [0.717, 1.165) is 11.1 Å². The number of hydrogen-bond acceptors (Lipinski definition) is 4. The van der Waals surface area contributed by atoms with Gasteiger partial charge in [-0.1, -0.05) is 52.6 Å². The van der Waals surface area contributed by atoms with Gasteiger partial charge in [-0.25, -0.2) is 0 Å². The first-order valence-corrected chi connectivity index (χ1v) is 7.43. The van der Waals surface area contributed by atoms with Gasteiger partial charge >= 0.3 is 6.01 Å². The molecule has 0 bridgehead atoms. The van der Waals surface area contributed by atoms with E-state index < -0.39 is 0 Å². The summed E-state index contributed by atoms with van der Waals surface area (Å²) in [4.78, 5) is 12.0. The highest BCUT2D eigenvalue weighted by molar-refractivity contribution is 6.30. The van der Waals surface area contributed by atoms with Crippen LogP contribution in [0, 0.1) is 6.92 Å². The third kappa shape index (κ3) is 3.96. The standard InChI is InChI=1S/C17H14ClN3O2/c1-11-5-7-12(8-6-11)9-15(22)19-17-21-20-16(23-17)13-3-2-4-14(18)10-13/h2-8,10H,9H2,1H3,(H,19,21,22). The summed E-state index contributed by atoms with van der Waals surface area (Å²) in [6.07, 6.45) is 0.245. The molecule has 0 spiro atoms. The molecule has 0 aliphatic rings. The third-order valence-electron chi connectivity index (χ3n) is 3.23. The SMILES string of the molecule is Cc1ccc(CC(=O)Nc2nnc(-c3cccc(Cl)c3)o2)cc1. The summed E-state index contributed by atoms with van der Waals surface area (Å²) in [5.41, 5.74) is 2.77. The van der Waals surface area contributed by atoms with Crippen molar-refractivity contribution in [2.45, 2.75) is 13.3 Å². The van der Waals surface area contributed by atoms with Gasteiger partial charge in [-0.15, -0.1) is 5.10 Å². The zero-order chi connectivity index (χ0) is 16.2. The van der Waals surface area contributed by atoms with E-state index in [4.69, 9.17) is 16.0 Å². The third-order valence-corrected chi connectivity index (χ3v) is 3.46. The van der Waals surface area contributed by atoms with Crippen molar-refractivity contribution >= 4 is 23.5 Å². The molecular formula is C17H14ClN3O2. The van der Waals surface area contributed by atoms with Gasteiger partial charge in [-0.3, -0.25) is 10.1 Å². The number of aromatic nitrogens is 2. The van der Waals surface area contributed by atoms with Crippen LogP contribution in [0.15, 0.2) is 52.9 Å². The molecule has 6 heteroatoms. The first kappa shape index (κ1) is 15.2. The lowest BCUT2D eigenvalue weighted by Crippen LogP contribution is -2.14. The summed E-state index contributed by atoms with van der Waals surface area (Å²) >= 11 is 5.93. The Morgan fingerprint density at radius 1 is 1.17 bits per heavy atom. The maximum atomic E-state index is 12.0. The van der Waals surface area contributed by atoms with Gasteiger partial charge in [0.2, 0.25) is 11.8 Å². The average Bonchev–Trinajstić information content (AvgIpc) is 2.98. The molecule has 0 unspecified atom stereocenters. The van der Waals surface area contributed by atoms with Gasteiger partial charge in [-0.2, -0.15) is 0 Å². The number of nitrogens with zero attached hydrogens (tertiary/aromatic N) is 2. The maximum Gasteiger partial charge on any atom is 0.322 e. The number of carbonyl (C=O) groups is 1. The molecule has 2 aromatic carbocycles. The van der Waals surface area contributed by atoms with Gasteiger partial charge in [0.05, 0.1) is 6.42 Å². The van der Waals surface area contributed by atoms with Gasteiger partial charge in [0, 0.05) is 10.6 Å². The van der Waals surface area contributed by atoms with E-state index in [1.54, 1.807) is 24.3 Å². The molecule has 0 atom stereocenters. The Labute approximate surface area is 138 Å². The summed E-state index contributed by atoms with van der Waals surface area (Å²) < 4.78 is 5.44. The fourth-order valence-electron chi connectivity index (χ4n) is 2.07. The predicted molar refractivity (Wildman–Crippen MR) is 88.3 cm³/mol. The number of rotatable bonds is 4. The number of amides is 1. The number of hydrogen-bond donors (Lipinski definition) is 1. The molecule has 0 fully saturated rings. The van der Waals surface area contributed by atoms with Crippen LogP contribution in [0.25, 0.3) is 11.5 Å². The van der Waals surface area contributed by atoms with Crippen molar-refractivity contribution in [3.63, 3.8) is 0 Å². The fraction of sp³-hybridized carbons (Fsp3) is 0.118. The molecule has 3 aromatic rings. The molecule has 1 amide bonds. The van der Waals surface area contributed by atoms with Crippen molar-refractivity contribution in [3.8, 4) is 11.5 Å². The Balaban J connectivity index is 1.66. The molecule has 1 aromatic heterocycles. The molecule has 0 saturated heterocycles. The minimum absolute atomic E-state index is 0.0667. The second-order valence-corrected chi connectivity index (χ2v) is 5.57. The second-order valence-electron chi connectivity index (χ2n) is 5.13. The van der Waals surface area contributed by atoms with E-state index in [0.29, 0.717) is 16.5 Å². The minimum Gasteiger partial charge on any atom is -0.403 e. The van der Waals surface area contributed by atoms with E-state index in [-0.39, 0.29) is 18.3 Å². The van der Waals surface area contributed by atoms with Crippen LogP contribution in [0.1, 0.15) is 11.1 Å². The van der Waals surface area contributed by atoms with Crippen molar-refractivity contribution in [1.82, 2.24) is 10.2 Å². The molecule has 3 rings (SSSR count). The Bertz CT molecular complexity index is 828. The number of benzene rings is 2.